The fourth-order valence-electron chi connectivity index (χ4n) is 4.27. The van der Waals surface area contributed by atoms with Crippen molar-refractivity contribution in [1.82, 2.24) is 14.8 Å². The van der Waals surface area contributed by atoms with Crippen molar-refractivity contribution in [3.05, 3.63) is 96.2 Å². The lowest BCUT2D eigenvalue weighted by Gasteiger charge is -2.14. The molecule has 0 fully saturated rings. The number of ether oxygens (including phenoxy) is 3. The van der Waals surface area contributed by atoms with Crippen molar-refractivity contribution in [2.45, 2.75) is 12.6 Å². The van der Waals surface area contributed by atoms with Crippen molar-refractivity contribution < 1.29 is 36.6 Å². The molecule has 0 unspecified atom stereocenters. The SMILES string of the molecule is COc1cc2nccc(Oc3ccc(NC(=O)Cc4cnn(-c5ccccc5)c4C(F)(F)F)c(F)c3)c2cc1OC. The lowest BCUT2D eigenvalue weighted by Crippen LogP contribution is -2.20. The van der Waals surface area contributed by atoms with Crippen LogP contribution < -0.4 is 19.5 Å². The van der Waals surface area contributed by atoms with Crippen LogP contribution in [0, 0.1) is 5.82 Å². The zero-order valence-corrected chi connectivity index (χ0v) is 21.7. The number of hydrogen-bond donors (Lipinski definition) is 1. The Balaban J connectivity index is 1.34. The van der Waals surface area contributed by atoms with Crippen molar-refractivity contribution in [3.63, 3.8) is 0 Å². The van der Waals surface area contributed by atoms with Crippen LogP contribution in [0.3, 0.4) is 0 Å². The zero-order valence-electron chi connectivity index (χ0n) is 21.7. The molecule has 5 rings (SSSR count). The number of anilines is 1. The van der Waals surface area contributed by atoms with Crippen molar-refractivity contribution in [3.8, 4) is 28.7 Å². The summed E-state index contributed by atoms with van der Waals surface area (Å²) < 4.78 is 73.8. The maximum Gasteiger partial charge on any atom is 0.433 e. The molecule has 0 aliphatic carbocycles. The molecule has 5 aromatic rings. The topological polar surface area (TPSA) is 87.5 Å². The van der Waals surface area contributed by atoms with Gasteiger partial charge >= 0.3 is 6.18 Å². The Labute approximate surface area is 231 Å². The summed E-state index contributed by atoms with van der Waals surface area (Å²) in [6.45, 7) is 0. The normalized spacial score (nSPS) is 11.4. The number of methoxy groups -OCH3 is 2. The second kappa shape index (κ2) is 11.2. The molecule has 3 aromatic carbocycles. The lowest BCUT2D eigenvalue weighted by atomic mass is 10.1. The molecular formula is C29H22F4N4O4. The minimum Gasteiger partial charge on any atom is -0.493 e. The Morgan fingerprint density at radius 3 is 2.37 bits per heavy atom. The molecule has 0 saturated heterocycles. The van der Waals surface area contributed by atoms with E-state index in [2.05, 4.69) is 15.4 Å². The summed E-state index contributed by atoms with van der Waals surface area (Å²) in [5.74, 6) is -0.287. The van der Waals surface area contributed by atoms with Crippen molar-refractivity contribution >= 4 is 22.5 Å². The number of nitrogens with zero attached hydrogens (tertiary/aromatic N) is 3. The Bertz CT molecular complexity index is 1720. The molecule has 0 radical (unpaired) electrons. The van der Waals surface area contributed by atoms with Gasteiger partial charge in [-0.3, -0.25) is 9.78 Å². The highest BCUT2D eigenvalue weighted by atomic mass is 19.4. The molecule has 0 spiro atoms. The van der Waals surface area contributed by atoms with Gasteiger partial charge in [-0.2, -0.15) is 18.3 Å². The van der Waals surface area contributed by atoms with Gasteiger partial charge in [0, 0.05) is 29.3 Å². The average Bonchev–Trinajstić information content (AvgIpc) is 3.38. The van der Waals surface area contributed by atoms with E-state index < -0.39 is 30.0 Å². The Kier molecular flexibility index (Phi) is 7.47. The second-order valence-electron chi connectivity index (χ2n) is 8.77. The van der Waals surface area contributed by atoms with E-state index in [-0.39, 0.29) is 22.7 Å². The van der Waals surface area contributed by atoms with Crippen LogP contribution in [0.15, 0.2) is 79.1 Å². The van der Waals surface area contributed by atoms with E-state index in [1.165, 1.54) is 44.7 Å². The third-order valence-corrected chi connectivity index (χ3v) is 6.11. The highest BCUT2D eigenvalue weighted by Gasteiger charge is 2.39. The fraction of sp³-hybridized carbons (Fsp3) is 0.138. The number of benzene rings is 3. The summed E-state index contributed by atoms with van der Waals surface area (Å²) >= 11 is 0. The van der Waals surface area contributed by atoms with Crippen molar-refractivity contribution in [1.29, 1.82) is 0 Å². The molecule has 2 aromatic heterocycles. The first-order valence-corrected chi connectivity index (χ1v) is 12.2. The van der Waals surface area contributed by atoms with E-state index in [9.17, 15) is 22.4 Å². The number of hydrogen-bond acceptors (Lipinski definition) is 6. The Hall–Kier alpha value is -5.13. The van der Waals surface area contributed by atoms with E-state index in [1.807, 2.05) is 0 Å². The van der Waals surface area contributed by atoms with E-state index in [4.69, 9.17) is 14.2 Å². The minimum atomic E-state index is -4.78. The Morgan fingerprint density at radius 1 is 0.951 bits per heavy atom. The average molecular weight is 567 g/mol. The summed E-state index contributed by atoms with van der Waals surface area (Å²) in [6.07, 6.45) is -2.96. The molecule has 12 heteroatoms. The maximum atomic E-state index is 14.9. The first kappa shape index (κ1) is 27.4. The summed E-state index contributed by atoms with van der Waals surface area (Å²) in [7, 11) is 2.99. The monoisotopic (exact) mass is 566 g/mol. The number of rotatable bonds is 8. The number of halogens is 4. The van der Waals surface area contributed by atoms with Crippen LogP contribution in [0.2, 0.25) is 0 Å². The fourth-order valence-corrected chi connectivity index (χ4v) is 4.27. The van der Waals surface area contributed by atoms with Crippen LogP contribution >= 0.6 is 0 Å². The highest BCUT2D eigenvalue weighted by molar-refractivity contribution is 5.92. The number of amides is 1. The molecule has 41 heavy (non-hydrogen) atoms. The number of alkyl halides is 3. The number of fused-ring (bicyclic) bond motifs is 1. The summed E-state index contributed by atoms with van der Waals surface area (Å²) in [6, 6.07) is 16.4. The summed E-state index contributed by atoms with van der Waals surface area (Å²) in [5.41, 5.74) is -0.916. The maximum absolute atomic E-state index is 14.9. The van der Waals surface area contributed by atoms with E-state index in [1.54, 1.807) is 36.4 Å². The van der Waals surface area contributed by atoms with Crippen molar-refractivity contribution in [2.75, 3.05) is 19.5 Å². The van der Waals surface area contributed by atoms with Gasteiger partial charge in [0.15, 0.2) is 17.2 Å². The number of nitrogens with one attached hydrogen (secondary N) is 1. The van der Waals surface area contributed by atoms with Gasteiger partial charge in [-0.1, -0.05) is 18.2 Å². The van der Waals surface area contributed by atoms with Crippen LogP contribution in [0.5, 0.6) is 23.0 Å². The smallest absolute Gasteiger partial charge is 0.433 e. The molecule has 1 N–H and O–H groups in total. The standard InChI is InChI=1S/C29H22F4N4O4/c1-39-25-14-20-23(15-26(25)40-2)34-11-10-24(20)41-19-8-9-22(21(30)13-19)36-27(38)12-17-16-35-37(28(17)29(31,32)33)18-6-4-3-5-7-18/h3-11,13-16H,12H2,1-2H3,(H,36,38). The van der Waals surface area contributed by atoms with Crippen LogP contribution in [-0.4, -0.2) is 34.9 Å². The van der Waals surface area contributed by atoms with E-state index >= 15 is 0 Å². The van der Waals surface area contributed by atoms with Gasteiger partial charge in [-0.15, -0.1) is 0 Å². The van der Waals surface area contributed by atoms with E-state index in [0.717, 1.165) is 16.9 Å². The van der Waals surface area contributed by atoms with Gasteiger partial charge in [0.1, 0.15) is 17.3 Å². The number of carbonyl (C=O) groups is 1. The predicted molar refractivity (Wildman–Crippen MR) is 142 cm³/mol. The second-order valence-corrected chi connectivity index (χ2v) is 8.77. The van der Waals surface area contributed by atoms with Gasteiger partial charge in [-0.05, 0) is 36.4 Å². The molecule has 0 bridgehead atoms. The van der Waals surface area contributed by atoms with Gasteiger partial charge in [0.2, 0.25) is 5.91 Å². The van der Waals surface area contributed by atoms with Gasteiger partial charge in [-0.25, -0.2) is 9.07 Å². The van der Waals surface area contributed by atoms with E-state index in [0.29, 0.717) is 28.2 Å². The number of aromatic nitrogens is 3. The third-order valence-electron chi connectivity index (χ3n) is 6.11. The quantitative estimate of drug-likeness (QED) is 0.214. The Morgan fingerprint density at radius 2 is 1.68 bits per heavy atom. The first-order valence-electron chi connectivity index (χ1n) is 12.2. The largest absolute Gasteiger partial charge is 0.493 e. The molecule has 2 heterocycles. The molecule has 8 nitrogen and oxygen atoms in total. The number of pyridine rings is 1. The molecule has 210 valence electrons. The number of para-hydroxylation sites is 1. The molecule has 1 amide bonds. The molecular weight excluding hydrogens is 544 g/mol. The van der Waals surface area contributed by atoms with Crippen LogP contribution in [-0.2, 0) is 17.4 Å². The molecule has 0 aliphatic heterocycles. The van der Waals surface area contributed by atoms with Gasteiger partial charge in [0.05, 0.1) is 43.7 Å². The molecule has 0 aliphatic rings. The van der Waals surface area contributed by atoms with Crippen LogP contribution in [0.1, 0.15) is 11.3 Å². The van der Waals surface area contributed by atoms with Gasteiger partial charge in [0.25, 0.3) is 0 Å². The molecule has 0 atom stereocenters. The van der Waals surface area contributed by atoms with Gasteiger partial charge < -0.3 is 19.5 Å². The summed E-state index contributed by atoms with van der Waals surface area (Å²) in [4.78, 5) is 16.9. The highest BCUT2D eigenvalue weighted by Crippen LogP contribution is 2.37. The third kappa shape index (κ3) is 5.76. The van der Waals surface area contributed by atoms with Crippen LogP contribution in [0.4, 0.5) is 23.2 Å². The van der Waals surface area contributed by atoms with Crippen LogP contribution in [0.25, 0.3) is 16.6 Å². The van der Waals surface area contributed by atoms with Crippen molar-refractivity contribution in [2.24, 2.45) is 0 Å². The number of carbonyl (C=O) groups excluding carboxylic acids is 1. The molecule has 0 saturated carbocycles. The lowest BCUT2D eigenvalue weighted by molar-refractivity contribution is -0.143. The zero-order chi connectivity index (χ0) is 29.1. The minimum absolute atomic E-state index is 0.117. The summed E-state index contributed by atoms with van der Waals surface area (Å²) in [5, 5.41) is 6.73. The first-order chi connectivity index (χ1) is 19.7. The predicted octanol–water partition coefficient (Wildman–Crippen LogP) is 6.57.